The summed E-state index contributed by atoms with van der Waals surface area (Å²) in [6.45, 7) is -0.344. The lowest BCUT2D eigenvalue weighted by Gasteiger charge is -2.48. The van der Waals surface area contributed by atoms with Gasteiger partial charge in [-0.25, -0.2) is 18.0 Å². The number of β-lactam (4-membered cyclic amide) rings is 1. The highest BCUT2D eigenvalue weighted by Crippen LogP contribution is 2.47. The van der Waals surface area contributed by atoms with Gasteiger partial charge in [-0.3, -0.25) is 9.35 Å². The molecule has 5 rings (SSSR count). The summed E-state index contributed by atoms with van der Waals surface area (Å²) in [4.78, 5) is 28.4. The molecule has 10 nitrogen and oxygen atoms in total. The Morgan fingerprint density at radius 1 is 0.930 bits per heavy atom. The molecule has 0 bridgehead atoms. The number of hydrogen-bond donors (Lipinski definition) is 2. The molecule has 2 heterocycles. The summed E-state index contributed by atoms with van der Waals surface area (Å²) in [5.41, 5.74) is 0.939. The van der Waals surface area contributed by atoms with Crippen molar-refractivity contribution in [3.8, 4) is 5.75 Å². The van der Waals surface area contributed by atoms with Crippen molar-refractivity contribution < 1.29 is 45.6 Å². The Morgan fingerprint density at radius 2 is 1.53 bits per heavy atom. The largest absolute Gasteiger partial charge is 0.415 e. The van der Waals surface area contributed by atoms with Crippen LogP contribution in [0.3, 0.4) is 0 Å². The fourth-order valence-electron chi connectivity index (χ4n) is 5.34. The number of piperazine rings is 1. The molecule has 0 aliphatic carbocycles. The van der Waals surface area contributed by atoms with Gasteiger partial charge < -0.3 is 19.6 Å². The number of rotatable bonds is 8. The highest BCUT2D eigenvalue weighted by Gasteiger charge is 2.49. The third-order valence-electron chi connectivity index (χ3n) is 7.64. The third kappa shape index (κ3) is 6.67. The molecule has 3 aromatic carbocycles. The Balaban J connectivity index is 1.32. The second-order valence-electron chi connectivity index (χ2n) is 10.3. The predicted octanol–water partition coefficient (Wildman–Crippen LogP) is 4.24. The molecule has 0 spiro atoms. The minimum Gasteiger partial charge on any atom is -0.410 e. The van der Waals surface area contributed by atoms with E-state index in [0.29, 0.717) is 11.3 Å². The molecule has 1 unspecified atom stereocenters. The van der Waals surface area contributed by atoms with E-state index < -0.39 is 51.9 Å². The second-order valence-corrected chi connectivity index (χ2v) is 11.7. The number of nitrogens with zero attached hydrogens (tertiary/aromatic N) is 3. The highest BCUT2D eigenvalue weighted by molar-refractivity contribution is 7.83. The number of ether oxygens (including phenoxy) is 1. The van der Waals surface area contributed by atoms with Crippen LogP contribution in [0.1, 0.15) is 36.1 Å². The summed E-state index contributed by atoms with van der Waals surface area (Å²) in [6, 6.07) is 13.4. The second kappa shape index (κ2) is 12.3. The van der Waals surface area contributed by atoms with Crippen LogP contribution in [0.5, 0.6) is 5.75 Å². The van der Waals surface area contributed by atoms with Crippen LogP contribution in [0.4, 0.5) is 23.7 Å². The first kappa shape index (κ1) is 30.5. The van der Waals surface area contributed by atoms with Gasteiger partial charge in [0.1, 0.15) is 23.2 Å². The molecule has 228 valence electrons. The van der Waals surface area contributed by atoms with Crippen LogP contribution >= 0.6 is 0 Å². The summed E-state index contributed by atoms with van der Waals surface area (Å²) in [5.74, 6) is -2.93. The van der Waals surface area contributed by atoms with Crippen molar-refractivity contribution in [2.45, 2.75) is 25.0 Å². The van der Waals surface area contributed by atoms with Crippen molar-refractivity contribution in [1.82, 2.24) is 9.21 Å². The first-order valence-corrected chi connectivity index (χ1v) is 14.8. The van der Waals surface area contributed by atoms with Crippen molar-refractivity contribution in [3.05, 3.63) is 95.3 Å². The van der Waals surface area contributed by atoms with Gasteiger partial charge in [-0.2, -0.15) is 12.7 Å². The maximum Gasteiger partial charge on any atom is 0.415 e. The molecule has 2 amide bonds. The number of carbonyl (C=O) groups is 2. The number of aliphatic hydroxyl groups excluding tert-OH is 1. The van der Waals surface area contributed by atoms with Gasteiger partial charge in [-0.05, 0) is 60.9 Å². The van der Waals surface area contributed by atoms with E-state index in [-0.39, 0.29) is 56.2 Å². The van der Waals surface area contributed by atoms with Gasteiger partial charge in [0.05, 0.1) is 18.1 Å². The lowest BCUT2D eigenvalue weighted by Crippen LogP contribution is -2.55. The molecule has 2 N–H and O–H groups in total. The van der Waals surface area contributed by atoms with Gasteiger partial charge in [0.15, 0.2) is 0 Å². The zero-order valence-corrected chi connectivity index (χ0v) is 23.5. The first-order valence-electron chi connectivity index (χ1n) is 13.4. The quantitative estimate of drug-likeness (QED) is 0.285. The van der Waals surface area contributed by atoms with Gasteiger partial charge in [0.2, 0.25) is 5.91 Å². The highest BCUT2D eigenvalue weighted by atomic mass is 32.2. The zero-order valence-electron chi connectivity index (χ0n) is 22.6. The van der Waals surface area contributed by atoms with E-state index >= 15 is 4.39 Å². The normalized spacial score (nSPS) is 20.1. The molecule has 2 aliphatic rings. The standard InChI is InChI=1S/C29H28F3N3O7S/c30-19-3-1-18(2-4-19)26(36)12-11-24-27(35(28(24)37)21-7-5-20(31)6-8-21)23-10-9-22(17-25(23)32)42-29(38)33-13-15-34(16-14-33)43(39,40)41/h1-10,17,24,26-27,36H,11-16H2,(H,39,40,41)/t24?,26-,27+/m0/s1. The molecule has 2 aliphatic heterocycles. The Bertz CT molecular complexity index is 1600. The SMILES string of the molecule is O=C(Oc1ccc([C@@H]2C(CC[C@H](O)c3ccc(F)cc3)C(=O)N2c2ccc(F)cc2)c(F)c1)N1CCN(S(=O)(=O)O)CC1. The fourth-order valence-corrected chi connectivity index (χ4v) is 5.97. The van der Waals surface area contributed by atoms with Crippen molar-refractivity contribution in [2.75, 3.05) is 31.1 Å². The molecular formula is C29H28F3N3O7S. The molecule has 2 fully saturated rings. The van der Waals surface area contributed by atoms with Crippen LogP contribution in [0.2, 0.25) is 0 Å². The van der Waals surface area contributed by atoms with E-state index in [2.05, 4.69) is 0 Å². The van der Waals surface area contributed by atoms with Crippen LogP contribution in [-0.4, -0.2) is 65.5 Å². The van der Waals surface area contributed by atoms with E-state index in [1.165, 1.54) is 70.5 Å². The Morgan fingerprint density at radius 3 is 2.12 bits per heavy atom. The average Bonchev–Trinajstić information content (AvgIpc) is 2.97. The van der Waals surface area contributed by atoms with Crippen molar-refractivity contribution in [3.63, 3.8) is 0 Å². The first-order chi connectivity index (χ1) is 20.4. The number of amides is 2. The number of halogens is 3. The molecule has 0 saturated carbocycles. The molecule has 0 aromatic heterocycles. The van der Waals surface area contributed by atoms with Crippen molar-refractivity contribution in [1.29, 1.82) is 0 Å². The minimum absolute atomic E-state index is 0.0402. The van der Waals surface area contributed by atoms with Crippen LogP contribution in [-0.2, 0) is 15.1 Å². The molecule has 2 saturated heterocycles. The van der Waals surface area contributed by atoms with Crippen LogP contribution in [0.25, 0.3) is 0 Å². The maximum atomic E-state index is 15.6. The van der Waals surface area contributed by atoms with Gasteiger partial charge in [-0.15, -0.1) is 0 Å². The third-order valence-corrected chi connectivity index (χ3v) is 8.66. The topological polar surface area (TPSA) is 128 Å². The van der Waals surface area contributed by atoms with E-state index in [4.69, 9.17) is 9.29 Å². The molecule has 43 heavy (non-hydrogen) atoms. The molecule has 0 radical (unpaired) electrons. The van der Waals surface area contributed by atoms with Crippen LogP contribution < -0.4 is 9.64 Å². The maximum absolute atomic E-state index is 15.6. The summed E-state index contributed by atoms with van der Waals surface area (Å²) in [7, 11) is -4.38. The number of carbonyl (C=O) groups excluding carboxylic acids is 2. The molecule has 3 aromatic rings. The number of aliphatic hydroxyl groups is 1. The minimum atomic E-state index is -4.38. The number of hydrogen-bond acceptors (Lipinski definition) is 6. The monoisotopic (exact) mass is 619 g/mol. The van der Waals surface area contributed by atoms with Gasteiger partial charge >= 0.3 is 16.4 Å². The summed E-state index contributed by atoms with van der Waals surface area (Å²) < 4.78 is 80.2. The van der Waals surface area contributed by atoms with Gasteiger partial charge in [-0.1, -0.05) is 18.2 Å². The summed E-state index contributed by atoms with van der Waals surface area (Å²) in [6.07, 6.45) is -1.51. The van der Waals surface area contributed by atoms with E-state index in [9.17, 15) is 31.9 Å². The summed E-state index contributed by atoms with van der Waals surface area (Å²) in [5, 5.41) is 10.6. The van der Waals surface area contributed by atoms with Gasteiger partial charge in [0.25, 0.3) is 0 Å². The van der Waals surface area contributed by atoms with Crippen molar-refractivity contribution in [2.24, 2.45) is 5.92 Å². The van der Waals surface area contributed by atoms with Crippen LogP contribution in [0, 0.1) is 23.4 Å². The predicted molar refractivity (Wildman–Crippen MR) is 148 cm³/mol. The average molecular weight is 620 g/mol. The van der Waals surface area contributed by atoms with E-state index in [1.54, 1.807) is 0 Å². The Labute approximate surface area is 245 Å². The lowest BCUT2D eigenvalue weighted by atomic mass is 9.78. The van der Waals surface area contributed by atoms with Crippen LogP contribution in [0.15, 0.2) is 66.7 Å². The zero-order chi connectivity index (χ0) is 30.9. The van der Waals surface area contributed by atoms with E-state index in [1.807, 2.05) is 0 Å². The van der Waals surface area contributed by atoms with Crippen molar-refractivity contribution >= 4 is 28.0 Å². The molecular weight excluding hydrogens is 591 g/mol. The number of benzene rings is 3. The molecule has 14 heteroatoms. The Hall–Kier alpha value is -3.98. The van der Waals surface area contributed by atoms with E-state index in [0.717, 1.165) is 10.4 Å². The lowest BCUT2D eigenvalue weighted by molar-refractivity contribution is -0.131. The summed E-state index contributed by atoms with van der Waals surface area (Å²) >= 11 is 0. The number of anilines is 1. The Kier molecular flexibility index (Phi) is 8.74. The fraction of sp³-hybridized carbons (Fsp3) is 0.310. The van der Waals surface area contributed by atoms with Gasteiger partial charge in [0, 0.05) is 43.5 Å². The molecule has 3 atom stereocenters. The smallest absolute Gasteiger partial charge is 0.410 e.